The Morgan fingerprint density at radius 1 is 0.966 bits per heavy atom. The second-order valence-electron chi connectivity index (χ2n) is 6.40. The number of nitrogens with two attached hydrogens (primary N) is 1. The lowest BCUT2D eigenvalue weighted by Gasteiger charge is -2.11. The summed E-state index contributed by atoms with van der Waals surface area (Å²) < 4.78 is 5.19. The van der Waals surface area contributed by atoms with Gasteiger partial charge in [0.15, 0.2) is 0 Å². The lowest BCUT2D eigenvalue weighted by Crippen LogP contribution is -2.17. The summed E-state index contributed by atoms with van der Waals surface area (Å²) in [5.41, 5.74) is 9.33. The minimum atomic E-state index is -0.624. The first-order chi connectivity index (χ1) is 14.0. The number of aromatic nitrogens is 1. The number of aryl methyl sites for hydroxylation is 1. The molecule has 0 spiro atoms. The van der Waals surface area contributed by atoms with Crippen LogP contribution in [0.2, 0.25) is 0 Å². The molecule has 29 heavy (non-hydrogen) atoms. The fourth-order valence-corrected chi connectivity index (χ4v) is 2.68. The summed E-state index contributed by atoms with van der Waals surface area (Å²) in [4.78, 5) is 28.9. The number of ether oxygens (including phenoxy) is 1. The molecule has 0 aliphatic carbocycles. The van der Waals surface area contributed by atoms with E-state index in [4.69, 9.17) is 10.5 Å². The van der Waals surface area contributed by atoms with E-state index in [2.05, 4.69) is 15.6 Å². The SMILES string of the molecule is Cc1ncc(NC(=O)OCc2ccccc2)cc1C(=O)Nc1cccc(CN)c1. The van der Waals surface area contributed by atoms with Crippen LogP contribution in [0.5, 0.6) is 0 Å². The molecule has 7 nitrogen and oxygen atoms in total. The standard InChI is InChI=1S/C22H22N4O3/c1-15-20(21(27)25-18-9-5-8-17(10-18)12-23)11-19(13-24-15)26-22(28)29-14-16-6-3-2-4-7-16/h2-11,13H,12,14,23H2,1H3,(H,25,27)(H,26,28). The summed E-state index contributed by atoms with van der Waals surface area (Å²) in [5, 5.41) is 5.42. The Labute approximate surface area is 168 Å². The molecule has 0 saturated carbocycles. The molecule has 0 aliphatic rings. The molecule has 0 bridgehead atoms. The smallest absolute Gasteiger partial charge is 0.412 e. The molecule has 3 aromatic rings. The van der Waals surface area contributed by atoms with Crippen LogP contribution in [-0.4, -0.2) is 17.0 Å². The van der Waals surface area contributed by atoms with Crippen molar-refractivity contribution in [3.63, 3.8) is 0 Å². The number of carbonyl (C=O) groups excluding carboxylic acids is 2. The van der Waals surface area contributed by atoms with E-state index in [0.29, 0.717) is 29.2 Å². The number of benzene rings is 2. The highest BCUT2D eigenvalue weighted by Crippen LogP contribution is 2.17. The molecule has 0 unspecified atom stereocenters. The topological polar surface area (TPSA) is 106 Å². The van der Waals surface area contributed by atoms with E-state index in [1.807, 2.05) is 48.5 Å². The Morgan fingerprint density at radius 2 is 1.72 bits per heavy atom. The number of hydrogen-bond acceptors (Lipinski definition) is 5. The second kappa shape index (κ2) is 9.48. The van der Waals surface area contributed by atoms with Gasteiger partial charge in [0.25, 0.3) is 5.91 Å². The third kappa shape index (κ3) is 5.63. The quantitative estimate of drug-likeness (QED) is 0.593. The normalized spacial score (nSPS) is 10.3. The van der Waals surface area contributed by atoms with Crippen molar-refractivity contribution in [3.8, 4) is 0 Å². The number of hydrogen-bond donors (Lipinski definition) is 3. The van der Waals surface area contributed by atoms with Crippen molar-refractivity contribution < 1.29 is 14.3 Å². The van der Waals surface area contributed by atoms with Crippen LogP contribution < -0.4 is 16.4 Å². The molecule has 0 atom stereocenters. The van der Waals surface area contributed by atoms with Crippen LogP contribution in [0.15, 0.2) is 66.9 Å². The van der Waals surface area contributed by atoms with E-state index in [-0.39, 0.29) is 12.5 Å². The Morgan fingerprint density at radius 3 is 2.48 bits per heavy atom. The van der Waals surface area contributed by atoms with Gasteiger partial charge in [-0.2, -0.15) is 0 Å². The zero-order chi connectivity index (χ0) is 20.6. The van der Waals surface area contributed by atoms with Gasteiger partial charge in [-0.05, 0) is 36.2 Å². The van der Waals surface area contributed by atoms with Crippen LogP contribution in [0.3, 0.4) is 0 Å². The first-order valence-corrected chi connectivity index (χ1v) is 9.10. The van der Waals surface area contributed by atoms with Gasteiger partial charge < -0.3 is 15.8 Å². The van der Waals surface area contributed by atoms with E-state index in [1.54, 1.807) is 19.1 Å². The van der Waals surface area contributed by atoms with Gasteiger partial charge in [0.2, 0.25) is 0 Å². The second-order valence-corrected chi connectivity index (χ2v) is 6.40. The van der Waals surface area contributed by atoms with E-state index in [9.17, 15) is 9.59 Å². The Bertz CT molecular complexity index is 1010. The number of nitrogens with one attached hydrogen (secondary N) is 2. The molecule has 0 radical (unpaired) electrons. The van der Waals surface area contributed by atoms with Crippen molar-refractivity contribution in [2.75, 3.05) is 10.6 Å². The number of nitrogens with zero attached hydrogens (tertiary/aromatic N) is 1. The molecule has 148 valence electrons. The van der Waals surface area contributed by atoms with Crippen molar-refractivity contribution in [3.05, 3.63) is 89.2 Å². The van der Waals surface area contributed by atoms with Gasteiger partial charge >= 0.3 is 6.09 Å². The van der Waals surface area contributed by atoms with Gasteiger partial charge in [-0.1, -0.05) is 42.5 Å². The summed E-state index contributed by atoms with van der Waals surface area (Å²) in [6.45, 7) is 2.26. The van der Waals surface area contributed by atoms with Crippen molar-refractivity contribution in [1.82, 2.24) is 4.98 Å². The maximum Gasteiger partial charge on any atom is 0.412 e. The highest BCUT2D eigenvalue weighted by molar-refractivity contribution is 6.05. The number of rotatable bonds is 6. The summed E-state index contributed by atoms with van der Waals surface area (Å²) in [7, 11) is 0. The minimum absolute atomic E-state index is 0.150. The largest absolute Gasteiger partial charge is 0.444 e. The summed E-state index contributed by atoms with van der Waals surface area (Å²) in [5.74, 6) is -0.328. The fraction of sp³-hybridized carbons (Fsp3) is 0.136. The first kappa shape index (κ1) is 20.0. The van der Waals surface area contributed by atoms with Gasteiger partial charge in [0.05, 0.1) is 23.1 Å². The molecule has 0 saturated heterocycles. The zero-order valence-corrected chi connectivity index (χ0v) is 16.0. The molecular weight excluding hydrogens is 368 g/mol. The predicted octanol–water partition coefficient (Wildman–Crippen LogP) is 3.85. The maximum absolute atomic E-state index is 12.7. The van der Waals surface area contributed by atoms with Crippen LogP contribution >= 0.6 is 0 Å². The van der Waals surface area contributed by atoms with Gasteiger partial charge in [0.1, 0.15) is 6.61 Å². The van der Waals surface area contributed by atoms with Crippen LogP contribution in [0, 0.1) is 6.92 Å². The van der Waals surface area contributed by atoms with E-state index < -0.39 is 6.09 Å². The molecule has 2 aromatic carbocycles. The van der Waals surface area contributed by atoms with E-state index in [0.717, 1.165) is 11.1 Å². The van der Waals surface area contributed by atoms with Gasteiger partial charge in [-0.25, -0.2) is 4.79 Å². The predicted molar refractivity (Wildman–Crippen MR) is 112 cm³/mol. The highest BCUT2D eigenvalue weighted by Gasteiger charge is 2.13. The van der Waals surface area contributed by atoms with E-state index in [1.165, 1.54) is 6.20 Å². The average molecular weight is 390 g/mol. The first-order valence-electron chi connectivity index (χ1n) is 9.10. The molecule has 4 N–H and O–H groups in total. The minimum Gasteiger partial charge on any atom is -0.444 e. The van der Waals surface area contributed by atoms with Gasteiger partial charge in [0, 0.05) is 12.2 Å². The number of pyridine rings is 1. The maximum atomic E-state index is 12.7. The van der Waals surface area contributed by atoms with Crippen molar-refractivity contribution in [1.29, 1.82) is 0 Å². The number of amides is 2. The summed E-state index contributed by atoms with van der Waals surface area (Å²) >= 11 is 0. The molecular formula is C22H22N4O3. The average Bonchev–Trinajstić information content (AvgIpc) is 2.74. The van der Waals surface area contributed by atoms with Crippen molar-refractivity contribution >= 4 is 23.4 Å². The molecule has 3 rings (SSSR count). The van der Waals surface area contributed by atoms with Gasteiger partial charge in [-0.15, -0.1) is 0 Å². The van der Waals surface area contributed by atoms with E-state index >= 15 is 0 Å². The summed E-state index contributed by atoms with van der Waals surface area (Å²) in [6.07, 6.45) is 0.854. The molecule has 0 fully saturated rings. The third-order valence-corrected chi connectivity index (χ3v) is 4.21. The fourth-order valence-electron chi connectivity index (χ4n) is 2.68. The lowest BCUT2D eigenvalue weighted by atomic mass is 10.1. The van der Waals surface area contributed by atoms with Crippen molar-refractivity contribution in [2.24, 2.45) is 5.73 Å². The number of carbonyl (C=O) groups is 2. The Kier molecular flexibility index (Phi) is 6.55. The highest BCUT2D eigenvalue weighted by atomic mass is 16.5. The molecule has 1 aromatic heterocycles. The van der Waals surface area contributed by atoms with Crippen LogP contribution in [0.4, 0.5) is 16.2 Å². The van der Waals surface area contributed by atoms with Crippen LogP contribution in [0.1, 0.15) is 27.2 Å². The van der Waals surface area contributed by atoms with Gasteiger partial charge in [-0.3, -0.25) is 15.1 Å². The third-order valence-electron chi connectivity index (χ3n) is 4.21. The lowest BCUT2D eigenvalue weighted by molar-refractivity contribution is 0.102. The van der Waals surface area contributed by atoms with Crippen LogP contribution in [-0.2, 0) is 17.9 Å². The summed E-state index contributed by atoms with van der Waals surface area (Å²) in [6, 6.07) is 18.2. The number of anilines is 2. The molecule has 7 heteroatoms. The monoisotopic (exact) mass is 390 g/mol. The zero-order valence-electron chi connectivity index (χ0n) is 16.0. The van der Waals surface area contributed by atoms with Crippen LogP contribution in [0.25, 0.3) is 0 Å². The van der Waals surface area contributed by atoms with Crippen molar-refractivity contribution in [2.45, 2.75) is 20.1 Å². The molecule has 2 amide bonds. The Balaban J connectivity index is 1.65. The Hall–Kier alpha value is -3.71. The molecule has 1 heterocycles. The molecule has 0 aliphatic heterocycles.